The highest BCUT2D eigenvalue weighted by Gasteiger charge is 2.30. The molecular formula is C32H27IN2O5S. The van der Waals surface area contributed by atoms with E-state index in [0.717, 1.165) is 25.5 Å². The van der Waals surface area contributed by atoms with E-state index in [-0.39, 0.29) is 11.9 Å². The predicted octanol–water partition coefficient (Wildman–Crippen LogP) is 7.44. The van der Waals surface area contributed by atoms with Gasteiger partial charge in [-0.3, -0.25) is 9.69 Å². The lowest BCUT2D eigenvalue weighted by molar-refractivity contribution is -0.121. The topological polar surface area (TPSA) is 77.4 Å². The Morgan fingerprint density at radius 3 is 2.56 bits per heavy atom. The molecule has 0 spiro atoms. The summed E-state index contributed by atoms with van der Waals surface area (Å²) < 4.78 is 17.8. The summed E-state index contributed by atoms with van der Waals surface area (Å²) in [5.74, 6) is 0.708. The van der Waals surface area contributed by atoms with Gasteiger partial charge in [0, 0.05) is 7.05 Å². The second kappa shape index (κ2) is 12.8. The maximum absolute atomic E-state index is 13.0. The summed E-state index contributed by atoms with van der Waals surface area (Å²) >= 11 is 3.52. The van der Waals surface area contributed by atoms with Crippen LogP contribution >= 0.6 is 34.4 Å². The van der Waals surface area contributed by atoms with Crippen LogP contribution in [0.4, 0.5) is 5.69 Å². The molecule has 1 saturated heterocycles. The van der Waals surface area contributed by atoms with E-state index >= 15 is 0 Å². The predicted molar refractivity (Wildman–Crippen MR) is 172 cm³/mol. The number of thioether (sulfide) groups is 1. The number of hydrogen-bond acceptors (Lipinski definition) is 7. The van der Waals surface area contributed by atoms with Gasteiger partial charge in [0.1, 0.15) is 6.61 Å². The number of rotatable bonds is 8. The van der Waals surface area contributed by atoms with Gasteiger partial charge in [-0.05, 0) is 106 Å². The van der Waals surface area contributed by atoms with E-state index in [1.807, 2.05) is 36.4 Å². The number of esters is 1. The molecule has 1 fully saturated rings. The lowest BCUT2D eigenvalue weighted by Gasteiger charge is -2.15. The van der Waals surface area contributed by atoms with E-state index in [2.05, 4.69) is 51.8 Å². The molecular weight excluding hydrogens is 651 g/mol. The Hall–Kier alpha value is -3.83. The van der Waals surface area contributed by atoms with Crippen molar-refractivity contribution in [2.45, 2.75) is 13.5 Å². The number of likely N-dealkylation sites (N-methyl/N-ethyl adjacent to an activating group) is 1. The van der Waals surface area contributed by atoms with E-state index in [9.17, 15) is 9.59 Å². The Bertz CT molecular complexity index is 1680. The maximum atomic E-state index is 13.0. The number of hydrogen-bond donors (Lipinski definition) is 0. The van der Waals surface area contributed by atoms with Crippen LogP contribution in [-0.2, 0) is 16.1 Å². The zero-order valence-electron chi connectivity index (χ0n) is 22.7. The Kier molecular flexibility index (Phi) is 8.94. The second-order valence-electron chi connectivity index (χ2n) is 9.10. The van der Waals surface area contributed by atoms with Crippen LogP contribution in [0.1, 0.15) is 28.4 Å². The van der Waals surface area contributed by atoms with Crippen molar-refractivity contribution in [2.24, 2.45) is 4.99 Å². The first-order chi connectivity index (χ1) is 19.9. The minimum atomic E-state index is -0.380. The number of carbonyl (C=O) groups is 2. The average molecular weight is 679 g/mol. The zero-order chi connectivity index (χ0) is 28.9. The van der Waals surface area contributed by atoms with Gasteiger partial charge in [0.25, 0.3) is 5.91 Å². The van der Waals surface area contributed by atoms with Gasteiger partial charge in [0.2, 0.25) is 0 Å². The average Bonchev–Trinajstić information content (AvgIpc) is 3.24. The number of halogens is 1. The first-order valence-electron chi connectivity index (χ1n) is 12.9. The van der Waals surface area contributed by atoms with Crippen molar-refractivity contribution in [3.8, 4) is 11.5 Å². The van der Waals surface area contributed by atoms with Gasteiger partial charge in [-0.25, -0.2) is 9.79 Å². The summed E-state index contributed by atoms with van der Waals surface area (Å²) in [7, 11) is 3.30. The third-order valence-corrected chi connectivity index (χ3v) is 8.27. The van der Waals surface area contributed by atoms with E-state index < -0.39 is 0 Å². The monoisotopic (exact) mass is 678 g/mol. The first-order valence-corrected chi connectivity index (χ1v) is 14.8. The van der Waals surface area contributed by atoms with Crippen molar-refractivity contribution < 1.29 is 23.8 Å². The summed E-state index contributed by atoms with van der Waals surface area (Å²) in [6.45, 7) is 2.47. The molecule has 9 heteroatoms. The van der Waals surface area contributed by atoms with Gasteiger partial charge in [-0.15, -0.1) is 0 Å². The lowest BCUT2D eigenvalue weighted by atomic mass is 10.1. The molecule has 0 radical (unpaired) electrons. The van der Waals surface area contributed by atoms with Crippen molar-refractivity contribution >= 4 is 73.9 Å². The summed E-state index contributed by atoms with van der Waals surface area (Å²) in [5.41, 5.74) is 2.98. The Morgan fingerprint density at radius 1 is 1.05 bits per heavy atom. The fourth-order valence-corrected chi connectivity index (χ4v) is 6.10. The van der Waals surface area contributed by atoms with E-state index in [4.69, 9.17) is 14.2 Å². The molecule has 0 aliphatic carbocycles. The van der Waals surface area contributed by atoms with E-state index in [0.29, 0.717) is 46.0 Å². The highest BCUT2D eigenvalue weighted by molar-refractivity contribution is 14.1. The summed E-state index contributed by atoms with van der Waals surface area (Å²) in [4.78, 5) is 31.6. The number of ether oxygens (including phenoxy) is 3. The van der Waals surface area contributed by atoms with Crippen molar-refractivity contribution in [1.82, 2.24) is 4.90 Å². The van der Waals surface area contributed by atoms with Gasteiger partial charge in [-0.2, -0.15) is 0 Å². The summed E-state index contributed by atoms with van der Waals surface area (Å²) in [5, 5.41) is 2.86. The third-order valence-electron chi connectivity index (χ3n) is 6.41. The number of carbonyl (C=O) groups excluding carboxylic acids is 2. The SMILES string of the molecule is CCOC(=O)c1ccc(N=C2S/C(=C/c3cc(I)c(OCc4cccc5ccccc45)c(OC)c3)C(=O)N2C)cc1. The van der Waals surface area contributed by atoms with Gasteiger partial charge >= 0.3 is 5.97 Å². The number of nitrogens with zero attached hydrogens (tertiary/aromatic N) is 2. The molecule has 0 N–H and O–H groups in total. The molecule has 5 rings (SSSR count). The second-order valence-corrected chi connectivity index (χ2v) is 11.3. The van der Waals surface area contributed by atoms with Crippen molar-refractivity contribution in [3.05, 3.63) is 104 Å². The normalized spacial score (nSPS) is 15.1. The molecule has 0 atom stereocenters. The highest BCUT2D eigenvalue weighted by Crippen LogP contribution is 2.38. The number of fused-ring (bicyclic) bond motifs is 1. The molecule has 0 aromatic heterocycles. The van der Waals surface area contributed by atoms with Crippen LogP contribution in [0.5, 0.6) is 11.5 Å². The molecule has 0 unspecified atom stereocenters. The van der Waals surface area contributed by atoms with Crippen molar-refractivity contribution in [1.29, 1.82) is 0 Å². The number of benzene rings is 4. The molecule has 4 aromatic rings. The third kappa shape index (κ3) is 6.41. The number of aliphatic imine (C=N–C) groups is 1. The van der Waals surface area contributed by atoms with E-state index in [1.165, 1.54) is 16.7 Å². The lowest BCUT2D eigenvalue weighted by Crippen LogP contribution is -2.23. The van der Waals surface area contributed by atoms with Crippen LogP contribution in [0.15, 0.2) is 88.8 Å². The van der Waals surface area contributed by atoms with Crippen molar-refractivity contribution in [3.63, 3.8) is 0 Å². The molecule has 1 aliphatic heterocycles. The van der Waals surface area contributed by atoms with Gasteiger partial charge in [0.15, 0.2) is 16.7 Å². The van der Waals surface area contributed by atoms with Crippen LogP contribution in [0.2, 0.25) is 0 Å². The Labute approximate surface area is 256 Å². The Balaban J connectivity index is 1.35. The zero-order valence-corrected chi connectivity index (χ0v) is 25.7. The molecule has 7 nitrogen and oxygen atoms in total. The van der Waals surface area contributed by atoms with Crippen LogP contribution in [0.3, 0.4) is 0 Å². The van der Waals surface area contributed by atoms with Crippen LogP contribution in [0, 0.1) is 3.57 Å². The fourth-order valence-electron chi connectivity index (χ4n) is 4.33. The molecule has 1 aliphatic rings. The van der Waals surface area contributed by atoms with Crippen molar-refractivity contribution in [2.75, 3.05) is 20.8 Å². The van der Waals surface area contributed by atoms with Crippen LogP contribution < -0.4 is 9.47 Å². The Morgan fingerprint density at radius 2 is 1.80 bits per heavy atom. The van der Waals surface area contributed by atoms with Gasteiger partial charge < -0.3 is 14.2 Å². The number of methoxy groups -OCH3 is 1. The minimum Gasteiger partial charge on any atom is -0.493 e. The van der Waals surface area contributed by atoms with E-state index in [1.54, 1.807) is 45.3 Å². The number of amides is 1. The molecule has 41 heavy (non-hydrogen) atoms. The highest BCUT2D eigenvalue weighted by atomic mass is 127. The van der Waals surface area contributed by atoms with Crippen LogP contribution in [-0.4, -0.2) is 42.7 Å². The molecule has 0 saturated carbocycles. The first kappa shape index (κ1) is 28.7. The minimum absolute atomic E-state index is 0.151. The summed E-state index contributed by atoms with van der Waals surface area (Å²) in [6, 6.07) is 25.0. The fraction of sp³-hybridized carbons (Fsp3) is 0.156. The smallest absolute Gasteiger partial charge is 0.338 e. The molecule has 0 bridgehead atoms. The maximum Gasteiger partial charge on any atom is 0.338 e. The number of amidine groups is 1. The molecule has 208 valence electrons. The molecule has 1 heterocycles. The largest absolute Gasteiger partial charge is 0.493 e. The van der Waals surface area contributed by atoms with Gasteiger partial charge in [-0.1, -0.05) is 42.5 Å². The van der Waals surface area contributed by atoms with Gasteiger partial charge in [0.05, 0.1) is 33.4 Å². The standard InChI is InChI=1S/C32H27IN2O5S/c1-4-39-31(37)22-12-14-24(15-13-22)34-32-35(2)30(36)28(41-32)18-20-16-26(33)29(27(17-20)38-3)40-19-23-10-7-9-21-8-5-6-11-25(21)23/h5-18H,4,19H2,1-3H3/b28-18+,34-32?. The molecule has 1 amide bonds. The molecule has 4 aromatic carbocycles. The summed E-state index contributed by atoms with van der Waals surface area (Å²) in [6.07, 6.45) is 1.83. The van der Waals surface area contributed by atoms with Crippen LogP contribution in [0.25, 0.3) is 16.8 Å². The quantitative estimate of drug-likeness (QED) is 0.110.